The third kappa shape index (κ3) is 2.62. The van der Waals surface area contributed by atoms with Crippen LogP contribution in [0.3, 0.4) is 0 Å². The van der Waals surface area contributed by atoms with Gasteiger partial charge in [-0.1, -0.05) is 61.0 Å². The molecule has 3 N–H and O–H groups in total. The fraction of sp³-hybridized carbons (Fsp3) is 0.190. The van der Waals surface area contributed by atoms with Crippen LogP contribution in [0.15, 0.2) is 65.5 Å². The van der Waals surface area contributed by atoms with Gasteiger partial charge in [-0.2, -0.15) is 0 Å². The molecule has 0 amide bonds. The summed E-state index contributed by atoms with van der Waals surface area (Å²) in [7, 11) is 0. The molecule has 1 saturated carbocycles. The van der Waals surface area contributed by atoms with E-state index in [-0.39, 0.29) is 11.2 Å². The Hall–Kier alpha value is -2.81. The molecule has 0 spiro atoms. The molecule has 1 aromatic heterocycles. The molecule has 1 fully saturated rings. The first kappa shape index (κ1) is 14.8. The zero-order chi connectivity index (χ0) is 16.5. The molecule has 3 aromatic rings. The summed E-state index contributed by atoms with van der Waals surface area (Å²) in [6, 6.07) is 20.3. The molecule has 0 saturated heterocycles. The van der Waals surface area contributed by atoms with E-state index >= 15 is 0 Å². The molecule has 3 heteroatoms. The van der Waals surface area contributed by atoms with Gasteiger partial charge >= 0.3 is 0 Å². The highest BCUT2D eigenvalue weighted by Gasteiger charge is 2.19. The molecule has 0 radical (unpaired) electrons. The lowest BCUT2D eigenvalue weighted by Crippen LogP contribution is -2.13. The van der Waals surface area contributed by atoms with Crippen LogP contribution in [0.5, 0.6) is 0 Å². The lowest BCUT2D eigenvalue weighted by atomic mass is 9.80. The van der Waals surface area contributed by atoms with Gasteiger partial charge in [0.1, 0.15) is 0 Å². The van der Waals surface area contributed by atoms with Crippen molar-refractivity contribution in [1.29, 1.82) is 0 Å². The number of benzene rings is 2. The Morgan fingerprint density at radius 1 is 0.917 bits per heavy atom. The number of nitrogens with one attached hydrogen (secondary N) is 1. The maximum Gasteiger partial charge on any atom is 0.271 e. The molecule has 0 aliphatic heterocycles. The van der Waals surface area contributed by atoms with Crippen LogP contribution >= 0.6 is 0 Å². The minimum atomic E-state index is -0.243. The summed E-state index contributed by atoms with van der Waals surface area (Å²) < 4.78 is 0. The summed E-state index contributed by atoms with van der Waals surface area (Å²) >= 11 is 0. The summed E-state index contributed by atoms with van der Waals surface area (Å²) in [4.78, 5) is 15.0. The molecule has 0 bridgehead atoms. The quantitative estimate of drug-likeness (QED) is 0.744. The first-order valence-electron chi connectivity index (χ1n) is 8.41. The minimum Gasteiger partial charge on any atom is -0.394 e. The monoisotopic (exact) mass is 316 g/mol. The van der Waals surface area contributed by atoms with Gasteiger partial charge < -0.3 is 10.7 Å². The van der Waals surface area contributed by atoms with Gasteiger partial charge in [0.2, 0.25) is 0 Å². The Morgan fingerprint density at radius 2 is 1.62 bits per heavy atom. The smallest absolute Gasteiger partial charge is 0.271 e. The van der Waals surface area contributed by atoms with Gasteiger partial charge in [-0.25, -0.2) is 0 Å². The molecular weight excluding hydrogens is 296 g/mol. The number of hydrogen-bond acceptors (Lipinski definition) is 2. The average molecular weight is 316 g/mol. The normalized spacial score (nSPS) is 14.3. The number of aromatic amines is 1. The van der Waals surface area contributed by atoms with Crippen molar-refractivity contribution in [2.45, 2.75) is 25.2 Å². The number of rotatable bonds is 3. The molecular formula is C21H20N2O. The highest BCUT2D eigenvalue weighted by Crippen LogP contribution is 2.37. The van der Waals surface area contributed by atoms with Crippen molar-refractivity contribution < 1.29 is 0 Å². The Labute approximate surface area is 141 Å². The third-order valence-electron chi connectivity index (χ3n) is 4.93. The molecule has 0 atom stereocenters. The second-order valence-electron chi connectivity index (χ2n) is 6.46. The first-order chi connectivity index (χ1) is 11.7. The summed E-state index contributed by atoms with van der Waals surface area (Å²) in [6.45, 7) is 0. The molecule has 2 aromatic carbocycles. The van der Waals surface area contributed by atoms with Crippen LogP contribution in [-0.4, -0.2) is 4.98 Å². The average Bonchev–Trinajstić information content (AvgIpc) is 2.57. The Bertz CT molecular complexity index is 907. The summed E-state index contributed by atoms with van der Waals surface area (Å²) in [5, 5.41) is 0. The molecule has 1 aliphatic carbocycles. The molecule has 24 heavy (non-hydrogen) atoms. The largest absolute Gasteiger partial charge is 0.394 e. The maximum atomic E-state index is 12.0. The minimum absolute atomic E-state index is 0.240. The van der Waals surface area contributed by atoms with E-state index in [1.165, 1.54) is 24.8 Å². The van der Waals surface area contributed by atoms with Crippen molar-refractivity contribution in [2.75, 3.05) is 5.73 Å². The van der Waals surface area contributed by atoms with Crippen LogP contribution in [0.2, 0.25) is 0 Å². The lowest BCUT2D eigenvalue weighted by Gasteiger charge is -2.25. The molecule has 1 heterocycles. The standard InChI is InChI=1S/C21H20N2O/c22-19-13-18(16-5-2-1-3-6-16)20(23-21(19)24)17-11-9-15(10-12-17)14-7-4-8-14/h1-3,5-6,9-14H,4,7-8,22H2,(H,23,24). The van der Waals surface area contributed by atoms with Gasteiger partial charge in [0, 0.05) is 5.56 Å². The fourth-order valence-electron chi connectivity index (χ4n) is 3.28. The van der Waals surface area contributed by atoms with Crippen LogP contribution in [0.1, 0.15) is 30.7 Å². The van der Waals surface area contributed by atoms with E-state index in [1.54, 1.807) is 6.07 Å². The van der Waals surface area contributed by atoms with Crippen LogP contribution in [0.4, 0.5) is 5.69 Å². The van der Waals surface area contributed by atoms with E-state index in [1.807, 2.05) is 30.3 Å². The van der Waals surface area contributed by atoms with Gasteiger partial charge in [-0.05, 0) is 41.5 Å². The molecule has 1 aliphatic rings. The first-order valence-corrected chi connectivity index (χ1v) is 8.41. The number of nitrogens with two attached hydrogens (primary N) is 1. The molecule has 4 rings (SSSR count). The number of hydrogen-bond donors (Lipinski definition) is 2. The van der Waals surface area contributed by atoms with Gasteiger partial charge in [0.15, 0.2) is 0 Å². The summed E-state index contributed by atoms with van der Waals surface area (Å²) in [6.07, 6.45) is 3.90. The number of anilines is 1. The van der Waals surface area contributed by atoms with E-state index in [4.69, 9.17) is 5.73 Å². The van der Waals surface area contributed by atoms with Gasteiger partial charge in [-0.15, -0.1) is 0 Å². The number of pyridine rings is 1. The van der Waals surface area contributed by atoms with Crippen molar-refractivity contribution in [3.8, 4) is 22.4 Å². The van der Waals surface area contributed by atoms with E-state index in [0.29, 0.717) is 5.92 Å². The SMILES string of the molecule is Nc1cc(-c2ccccc2)c(-c2ccc(C3CCC3)cc2)[nH]c1=O. The number of aromatic nitrogens is 1. The van der Waals surface area contributed by atoms with E-state index < -0.39 is 0 Å². The predicted molar refractivity (Wildman–Crippen MR) is 98.9 cm³/mol. The van der Waals surface area contributed by atoms with Gasteiger partial charge in [-0.3, -0.25) is 4.79 Å². The Kier molecular flexibility index (Phi) is 3.69. The number of H-pyrrole nitrogens is 1. The van der Waals surface area contributed by atoms with E-state index in [9.17, 15) is 4.79 Å². The molecule has 3 nitrogen and oxygen atoms in total. The van der Waals surface area contributed by atoms with Crippen molar-refractivity contribution >= 4 is 5.69 Å². The van der Waals surface area contributed by atoms with E-state index in [2.05, 4.69) is 29.2 Å². The van der Waals surface area contributed by atoms with Crippen LogP contribution in [0.25, 0.3) is 22.4 Å². The maximum absolute atomic E-state index is 12.0. The molecule has 0 unspecified atom stereocenters. The highest BCUT2D eigenvalue weighted by molar-refractivity contribution is 5.82. The van der Waals surface area contributed by atoms with Crippen molar-refractivity contribution in [1.82, 2.24) is 4.98 Å². The second kappa shape index (κ2) is 6.00. The van der Waals surface area contributed by atoms with E-state index in [0.717, 1.165) is 22.4 Å². The summed E-state index contributed by atoms with van der Waals surface area (Å²) in [5.41, 5.74) is 11.1. The lowest BCUT2D eigenvalue weighted by molar-refractivity contribution is 0.420. The van der Waals surface area contributed by atoms with Crippen molar-refractivity contribution in [3.05, 3.63) is 76.6 Å². The summed E-state index contributed by atoms with van der Waals surface area (Å²) in [5.74, 6) is 0.707. The van der Waals surface area contributed by atoms with Gasteiger partial charge in [0.05, 0.1) is 11.4 Å². The van der Waals surface area contributed by atoms with Crippen molar-refractivity contribution in [3.63, 3.8) is 0 Å². The zero-order valence-corrected chi connectivity index (χ0v) is 13.5. The van der Waals surface area contributed by atoms with Crippen LogP contribution < -0.4 is 11.3 Å². The highest BCUT2D eigenvalue weighted by atomic mass is 16.1. The van der Waals surface area contributed by atoms with Crippen molar-refractivity contribution in [2.24, 2.45) is 0 Å². The third-order valence-corrected chi connectivity index (χ3v) is 4.93. The second-order valence-corrected chi connectivity index (χ2v) is 6.46. The fourth-order valence-corrected chi connectivity index (χ4v) is 3.28. The number of nitrogen functional groups attached to an aromatic ring is 1. The van der Waals surface area contributed by atoms with Crippen LogP contribution in [0, 0.1) is 0 Å². The Balaban J connectivity index is 1.82. The van der Waals surface area contributed by atoms with Gasteiger partial charge in [0.25, 0.3) is 5.56 Å². The zero-order valence-electron chi connectivity index (χ0n) is 13.5. The molecule has 120 valence electrons. The van der Waals surface area contributed by atoms with Crippen LogP contribution in [-0.2, 0) is 0 Å². The Morgan fingerprint density at radius 3 is 2.25 bits per heavy atom. The topological polar surface area (TPSA) is 58.9 Å². The predicted octanol–water partition coefficient (Wildman–Crippen LogP) is 4.56.